The van der Waals surface area contributed by atoms with E-state index in [0.29, 0.717) is 5.92 Å². The van der Waals surface area contributed by atoms with E-state index in [2.05, 4.69) is 22.3 Å². The quantitative estimate of drug-likeness (QED) is 0.798. The molecule has 94 valence electrons. The summed E-state index contributed by atoms with van der Waals surface area (Å²) >= 11 is 0. The van der Waals surface area contributed by atoms with E-state index in [1.165, 1.54) is 6.42 Å². The molecule has 4 heteroatoms. The number of amidine groups is 1. The summed E-state index contributed by atoms with van der Waals surface area (Å²) in [6.07, 6.45) is 6.61. The van der Waals surface area contributed by atoms with Gasteiger partial charge in [0.2, 0.25) is 5.91 Å². The van der Waals surface area contributed by atoms with Gasteiger partial charge in [0.25, 0.3) is 0 Å². The molecule has 0 unspecified atom stereocenters. The molecule has 2 aliphatic carbocycles. The second-order valence-electron chi connectivity index (χ2n) is 5.68. The van der Waals surface area contributed by atoms with Crippen molar-refractivity contribution in [3.8, 4) is 0 Å². The molecule has 0 radical (unpaired) electrons. The Bertz CT molecular complexity index is 356. The van der Waals surface area contributed by atoms with Gasteiger partial charge in [0.1, 0.15) is 5.84 Å². The topological polar surface area (TPSA) is 44.7 Å². The van der Waals surface area contributed by atoms with Crippen LogP contribution in [0, 0.1) is 5.92 Å². The van der Waals surface area contributed by atoms with Gasteiger partial charge in [-0.1, -0.05) is 0 Å². The van der Waals surface area contributed by atoms with Crippen LogP contribution in [-0.4, -0.2) is 42.3 Å². The molecule has 3 aliphatic rings. The molecule has 2 fully saturated rings. The number of amides is 1. The van der Waals surface area contributed by atoms with Crippen molar-refractivity contribution in [3.63, 3.8) is 0 Å². The summed E-state index contributed by atoms with van der Waals surface area (Å²) in [6.45, 7) is 1.99. The second kappa shape index (κ2) is 4.00. The number of nitrogens with zero attached hydrogens (tertiary/aromatic N) is 2. The minimum Gasteiger partial charge on any atom is -0.361 e. The van der Waals surface area contributed by atoms with Gasteiger partial charge in [-0.2, -0.15) is 0 Å². The van der Waals surface area contributed by atoms with Gasteiger partial charge in [-0.05, 0) is 38.5 Å². The summed E-state index contributed by atoms with van der Waals surface area (Å²) in [6, 6.07) is 0. The highest BCUT2D eigenvalue weighted by Crippen LogP contribution is 2.37. The summed E-state index contributed by atoms with van der Waals surface area (Å²) in [4.78, 5) is 18.9. The Morgan fingerprint density at radius 3 is 2.71 bits per heavy atom. The maximum absolute atomic E-state index is 12.0. The van der Waals surface area contributed by atoms with Crippen molar-refractivity contribution in [1.29, 1.82) is 0 Å². The molecule has 4 nitrogen and oxygen atoms in total. The average molecular weight is 235 g/mol. The zero-order valence-electron chi connectivity index (χ0n) is 10.5. The van der Waals surface area contributed by atoms with Crippen LogP contribution in [0.25, 0.3) is 0 Å². The van der Waals surface area contributed by atoms with Crippen LogP contribution in [0.5, 0.6) is 0 Å². The van der Waals surface area contributed by atoms with Crippen molar-refractivity contribution in [2.24, 2.45) is 10.9 Å². The Hall–Kier alpha value is -1.06. The normalized spacial score (nSPS) is 27.1. The maximum Gasteiger partial charge on any atom is 0.223 e. The van der Waals surface area contributed by atoms with E-state index in [1.807, 2.05) is 0 Å². The fraction of sp³-hybridized carbons (Fsp3) is 0.846. The Kier molecular flexibility index (Phi) is 2.60. The van der Waals surface area contributed by atoms with Crippen molar-refractivity contribution in [1.82, 2.24) is 10.2 Å². The Morgan fingerprint density at radius 2 is 2.18 bits per heavy atom. The number of carbonyl (C=O) groups excluding carboxylic acids is 1. The van der Waals surface area contributed by atoms with Crippen molar-refractivity contribution in [2.45, 2.75) is 44.1 Å². The number of hydrogen-bond acceptors (Lipinski definition) is 3. The fourth-order valence-electron chi connectivity index (χ4n) is 2.85. The minimum atomic E-state index is -0.116. The van der Waals surface area contributed by atoms with Gasteiger partial charge in [0.15, 0.2) is 0 Å². The third-order valence-corrected chi connectivity index (χ3v) is 4.22. The minimum absolute atomic E-state index is 0.116. The van der Waals surface area contributed by atoms with Gasteiger partial charge in [-0.3, -0.25) is 9.79 Å². The monoisotopic (exact) mass is 235 g/mol. The van der Waals surface area contributed by atoms with E-state index in [9.17, 15) is 4.79 Å². The number of rotatable bonds is 3. The molecule has 0 spiro atoms. The smallest absolute Gasteiger partial charge is 0.223 e. The molecule has 2 saturated carbocycles. The van der Waals surface area contributed by atoms with E-state index in [0.717, 1.165) is 51.0 Å². The van der Waals surface area contributed by atoms with Crippen LogP contribution in [0.15, 0.2) is 4.99 Å². The summed E-state index contributed by atoms with van der Waals surface area (Å²) in [7, 11) is 2.10. The second-order valence-corrected chi connectivity index (χ2v) is 5.68. The van der Waals surface area contributed by atoms with E-state index in [4.69, 9.17) is 0 Å². The molecule has 1 N–H and O–H groups in total. The highest BCUT2D eigenvalue weighted by atomic mass is 16.2. The van der Waals surface area contributed by atoms with Gasteiger partial charge in [-0.25, -0.2) is 0 Å². The molecule has 1 aliphatic heterocycles. The number of carbonyl (C=O) groups is 1. The zero-order valence-corrected chi connectivity index (χ0v) is 10.5. The Balaban J connectivity index is 1.76. The zero-order chi connectivity index (χ0) is 11.9. The first-order valence-corrected chi connectivity index (χ1v) is 6.79. The van der Waals surface area contributed by atoms with Crippen molar-refractivity contribution >= 4 is 11.7 Å². The molecule has 0 atom stereocenters. The predicted octanol–water partition coefficient (Wildman–Crippen LogP) is 1.17. The molecular weight excluding hydrogens is 214 g/mol. The average Bonchev–Trinajstić information content (AvgIpc) is 3.08. The lowest BCUT2D eigenvalue weighted by Gasteiger charge is -2.47. The molecule has 1 amide bonds. The maximum atomic E-state index is 12.0. The highest BCUT2D eigenvalue weighted by molar-refractivity contribution is 5.97. The fourth-order valence-corrected chi connectivity index (χ4v) is 2.85. The van der Waals surface area contributed by atoms with Gasteiger partial charge >= 0.3 is 0 Å². The van der Waals surface area contributed by atoms with Crippen molar-refractivity contribution in [2.75, 3.05) is 20.1 Å². The molecular formula is C13H21N3O. The van der Waals surface area contributed by atoms with Crippen molar-refractivity contribution < 1.29 is 4.79 Å². The molecule has 0 saturated heterocycles. The van der Waals surface area contributed by atoms with Crippen LogP contribution in [0.1, 0.15) is 38.5 Å². The third-order valence-electron chi connectivity index (χ3n) is 4.22. The Morgan fingerprint density at radius 1 is 1.41 bits per heavy atom. The van der Waals surface area contributed by atoms with E-state index < -0.39 is 0 Å². The van der Waals surface area contributed by atoms with Crippen molar-refractivity contribution in [3.05, 3.63) is 0 Å². The summed E-state index contributed by atoms with van der Waals surface area (Å²) in [5.41, 5.74) is -0.116. The van der Waals surface area contributed by atoms with E-state index in [-0.39, 0.29) is 11.4 Å². The SMILES string of the molecule is CN1CCCN=C1C1(NC(=O)C2CC2)CCC1. The predicted molar refractivity (Wildman–Crippen MR) is 67.0 cm³/mol. The largest absolute Gasteiger partial charge is 0.361 e. The standard InChI is InChI=1S/C13H21N3O/c1-16-9-3-8-14-12(16)13(6-2-7-13)15-11(17)10-4-5-10/h10H,2-9H2,1H3,(H,15,17). The van der Waals surface area contributed by atoms with Gasteiger partial charge in [-0.15, -0.1) is 0 Å². The van der Waals surface area contributed by atoms with Crippen LogP contribution in [0.3, 0.4) is 0 Å². The van der Waals surface area contributed by atoms with Crippen LogP contribution >= 0.6 is 0 Å². The number of aliphatic imine (C=N–C) groups is 1. The lowest BCUT2D eigenvalue weighted by atomic mass is 9.74. The highest BCUT2D eigenvalue weighted by Gasteiger charge is 2.47. The number of nitrogens with one attached hydrogen (secondary N) is 1. The summed E-state index contributed by atoms with van der Waals surface area (Å²) in [5.74, 6) is 1.68. The van der Waals surface area contributed by atoms with Crippen LogP contribution in [-0.2, 0) is 4.79 Å². The molecule has 0 aromatic heterocycles. The molecule has 0 aromatic rings. The van der Waals surface area contributed by atoms with Crippen LogP contribution < -0.4 is 5.32 Å². The molecule has 1 heterocycles. The van der Waals surface area contributed by atoms with Gasteiger partial charge in [0.05, 0.1) is 5.54 Å². The Labute approximate surface area is 102 Å². The first kappa shape index (κ1) is 11.1. The van der Waals surface area contributed by atoms with Crippen LogP contribution in [0.4, 0.5) is 0 Å². The van der Waals surface area contributed by atoms with Crippen LogP contribution in [0.2, 0.25) is 0 Å². The number of likely N-dealkylation sites (N-methyl/N-ethyl adjacent to an activating group) is 1. The van der Waals surface area contributed by atoms with Gasteiger partial charge in [0, 0.05) is 26.1 Å². The van der Waals surface area contributed by atoms with Gasteiger partial charge < -0.3 is 10.2 Å². The summed E-state index contributed by atoms with van der Waals surface area (Å²) < 4.78 is 0. The summed E-state index contributed by atoms with van der Waals surface area (Å²) in [5, 5.41) is 3.28. The third kappa shape index (κ3) is 1.94. The first-order valence-electron chi connectivity index (χ1n) is 6.79. The van der Waals surface area contributed by atoms with E-state index in [1.54, 1.807) is 0 Å². The van der Waals surface area contributed by atoms with E-state index >= 15 is 0 Å². The molecule has 3 rings (SSSR count). The first-order chi connectivity index (χ1) is 8.21. The number of hydrogen-bond donors (Lipinski definition) is 1. The molecule has 0 bridgehead atoms. The lowest BCUT2D eigenvalue weighted by Crippen LogP contribution is -2.64. The molecule has 0 aromatic carbocycles. The lowest BCUT2D eigenvalue weighted by molar-refractivity contribution is -0.124. The molecule has 17 heavy (non-hydrogen) atoms.